The summed E-state index contributed by atoms with van der Waals surface area (Å²) in [5.41, 5.74) is 3.63. The van der Waals surface area contributed by atoms with E-state index in [1.54, 1.807) is 6.07 Å². The molecule has 2 fully saturated rings. The number of alkyl halides is 3. The second-order valence-corrected chi connectivity index (χ2v) is 8.91. The number of pyridine rings is 1. The Balaban J connectivity index is 1.25. The van der Waals surface area contributed by atoms with Crippen LogP contribution in [0.1, 0.15) is 29.7 Å². The highest BCUT2D eigenvalue weighted by Gasteiger charge is 2.43. The fraction of sp³-hybridized carbons (Fsp3) is 0.417. The minimum Gasteiger partial charge on any atom is -0.356 e. The van der Waals surface area contributed by atoms with Gasteiger partial charge >= 0.3 is 6.18 Å². The molecule has 0 spiro atoms. The molecule has 5 rings (SSSR count). The molecule has 3 aromatic rings. The van der Waals surface area contributed by atoms with E-state index < -0.39 is 11.9 Å². The van der Waals surface area contributed by atoms with Crippen LogP contribution in [0.3, 0.4) is 0 Å². The zero-order valence-electron chi connectivity index (χ0n) is 17.9. The Kier molecular flexibility index (Phi) is 5.41. The minimum absolute atomic E-state index is 0.330. The van der Waals surface area contributed by atoms with Gasteiger partial charge in [-0.25, -0.2) is 4.98 Å². The maximum atomic E-state index is 13.1. The number of fused-ring (bicyclic) bond motifs is 1. The minimum atomic E-state index is -4.42. The third kappa shape index (κ3) is 4.11. The van der Waals surface area contributed by atoms with Gasteiger partial charge in [-0.2, -0.15) is 18.3 Å². The summed E-state index contributed by atoms with van der Waals surface area (Å²) < 4.78 is 39.2. The Labute approximate surface area is 185 Å². The highest BCUT2D eigenvalue weighted by molar-refractivity contribution is 5.62. The fourth-order valence-electron chi connectivity index (χ4n) is 5.12. The summed E-state index contributed by atoms with van der Waals surface area (Å²) >= 11 is 0. The molecule has 32 heavy (non-hydrogen) atoms. The van der Waals surface area contributed by atoms with Crippen LogP contribution in [0, 0.1) is 18.8 Å². The second-order valence-electron chi connectivity index (χ2n) is 8.91. The first kappa shape index (κ1) is 21.0. The third-order valence-electron chi connectivity index (χ3n) is 6.82. The molecule has 2 aliphatic rings. The monoisotopic (exact) mass is 441 g/mol. The lowest BCUT2D eigenvalue weighted by atomic mass is 9.97. The number of rotatable bonds is 5. The standard InChI is InChI=1S/C24H26F3N5/c1-15-5-7-16(8-6-15)23-18(12-29-31-23)11-28-20-10-9-17-13-32(14-19(17)20)22-4-2-3-21(30-22)24(25,26)27/h2-8,12,17,19-20,28H,9-11,13-14H2,1H3,(H,29,31). The molecule has 3 heterocycles. The molecule has 1 saturated carbocycles. The van der Waals surface area contributed by atoms with Crippen molar-refractivity contribution in [2.45, 2.75) is 38.5 Å². The van der Waals surface area contributed by atoms with E-state index in [1.165, 1.54) is 11.6 Å². The summed E-state index contributed by atoms with van der Waals surface area (Å²) in [4.78, 5) is 5.89. The van der Waals surface area contributed by atoms with Gasteiger partial charge in [0, 0.05) is 31.2 Å². The van der Waals surface area contributed by atoms with E-state index in [0.717, 1.165) is 48.8 Å². The van der Waals surface area contributed by atoms with E-state index in [1.807, 2.05) is 11.1 Å². The van der Waals surface area contributed by atoms with Crippen LogP contribution >= 0.6 is 0 Å². The average Bonchev–Trinajstić information content (AvgIpc) is 3.49. The first-order valence-corrected chi connectivity index (χ1v) is 11.0. The normalized spacial score (nSPS) is 23.0. The van der Waals surface area contributed by atoms with Crippen molar-refractivity contribution in [1.29, 1.82) is 0 Å². The molecule has 2 aromatic heterocycles. The molecule has 0 radical (unpaired) electrons. The third-order valence-corrected chi connectivity index (χ3v) is 6.82. The lowest BCUT2D eigenvalue weighted by molar-refractivity contribution is -0.141. The molecule has 3 atom stereocenters. The van der Waals surface area contributed by atoms with Crippen molar-refractivity contribution in [3.63, 3.8) is 0 Å². The van der Waals surface area contributed by atoms with Gasteiger partial charge in [-0.1, -0.05) is 35.9 Å². The van der Waals surface area contributed by atoms with Crippen molar-refractivity contribution >= 4 is 5.82 Å². The maximum Gasteiger partial charge on any atom is 0.433 e. The van der Waals surface area contributed by atoms with Crippen LogP contribution in [0.15, 0.2) is 48.7 Å². The first-order chi connectivity index (χ1) is 15.4. The summed E-state index contributed by atoms with van der Waals surface area (Å²) in [7, 11) is 0. The summed E-state index contributed by atoms with van der Waals surface area (Å²) in [6.45, 7) is 4.26. The number of H-pyrrole nitrogens is 1. The number of hydrogen-bond acceptors (Lipinski definition) is 4. The van der Waals surface area contributed by atoms with Crippen molar-refractivity contribution < 1.29 is 13.2 Å². The van der Waals surface area contributed by atoms with Gasteiger partial charge in [0.2, 0.25) is 0 Å². The van der Waals surface area contributed by atoms with Gasteiger partial charge in [-0.05, 0) is 49.3 Å². The van der Waals surface area contributed by atoms with Crippen LogP contribution in [0.5, 0.6) is 0 Å². The molecule has 3 unspecified atom stereocenters. The van der Waals surface area contributed by atoms with E-state index in [-0.39, 0.29) is 0 Å². The molecular weight excluding hydrogens is 415 g/mol. The summed E-state index contributed by atoms with van der Waals surface area (Å²) in [5.74, 6) is 1.30. The lowest BCUT2D eigenvalue weighted by Crippen LogP contribution is -2.35. The molecule has 168 valence electrons. The predicted octanol–water partition coefficient (Wildman–Crippen LogP) is 4.80. The number of nitrogens with one attached hydrogen (secondary N) is 2. The van der Waals surface area contributed by atoms with E-state index in [9.17, 15) is 13.2 Å². The van der Waals surface area contributed by atoms with Gasteiger partial charge in [0.05, 0.1) is 11.9 Å². The van der Waals surface area contributed by atoms with Gasteiger partial charge in [-0.3, -0.25) is 5.10 Å². The highest BCUT2D eigenvalue weighted by atomic mass is 19.4. The van der Waals surface area contributed by atoms with E-state index >= 15 is 0 Å². The van der Waals surface area contributed by atoms with Crippen molar-refractivity contribution in [3.05, 3.63) is 65.5 Å². The molecule has 8 heteroatoms. The smallest absolute Gasteiger partial charge is 0.356 e. The van der Waals surface area contributed by atoms with Gasteiger partial charge in [-0.15, -0.1) is 0 Å². The zero-order chi connectivity index (χ0) is 22.3. The molecular formula is C24H26F3N5. The number of nitrogens with zero attached hydrogens (tertiary/aromatic N) is 3. The second kappa shape index (κ2) is 8.24. The van der Waals surface area contributed by atoms with E-state index in [2.05, 4.69) is 51.7 Å². The van der Waals surface area contributed by atoms with Gasteiger partial charge in [0.15, 0.2) is 0 Å². The van der Waals surface area contributed by atoms with E-state index in [4.69, 9.17) is 0 Å². The van der Waals surface area contributed by atoms with Crippen LogP contribution in [0.4, 0.5) is 19.0 Å². The molecule has 1 aromatic carbocycles. The number of aryl methyl sites for hydroxylation is 1. The Hall–Kier alpha value is -2.87. The lowest BCUT2D eigenvalue weighted by Gasteiger charge is -2.23. The van der Waals surface area contributed by atoms with Crippen LogP contribution in [0.25, 0.3) is 11.3 Å². The van der Waals surface area contributed by atoms with Crippen LogP contribution < -0.4 is 10.2 Å². The molecule has 0 bridgehead atoms. The number of aromatic amines is 1. The molecule has 0 amide bonds. The number of benzene rings is 1. The molecule has 1 saturated heterocycles. The van der Waals surface area contributed by atoms with E-state index in [0.29, 0.717) is 30.2 Å². The van der Waals surface area contributed by atoms with Crippen molar-refractivity contribution in [2.24, 2.45) is 11.8 Å². The van der Waals surface area contributed by atoms with Gasteiger partial charge in [0.1, 0.15) is 11.5 Å². The molecule has 2 N–H and O–H groups in total. The van der Waals surface area contributed by atoms with Crippen molar-refractivity contribution in [2.75, 3.05) is 18.0 Å². The maximum absolute atomic E-state index is 13.1. The molecule has 1 aliphatic carbocycles. The summed E-state index contributed by atoms with van der Waals surface area (Å²) in [5, 5.41) is 11.0. The Bertz CT molecular complexity index is 1080. The van der Waals surface area contributed by atoms with Crippen molar-refractivity contribution in [3.8, 4) is 11.3 Å². The van der Waals surface area contributed by atoms with Crippen LogP contribution in [-0.4, -0.2) is 34.3 Å². The number of anilines is 1. The Morgan fingerprint density at radius 2 is 1.91 bits per heavy atom. The number of halogens is 3. The van der Waals surface area contributed by atoms with Crippen LogP contribution in [0.2, 0.25) is 0 Å². The SMILES string of the molecule is Cc1ccc(-c2[nH]ncc2CNC2CCC3CN(c4cccc(C(F)(F)F)n4)CC32)cc1. The van der Waals surface area contributed by atoms with Gasteiger partial charge in [0.25, 0.3) is 0 Å². The fourth-order valence-corrected chi connectivity index (χ4v) is 5.12. The summed E-state index contributed by atoms with van der Waals surface area (Å²) in [6, 6.07) is 12.8. The number of hydrogen-bond donors (Lipinski definition) is 2. The zero-order valence-corrected chi connectivity index (χ0v) is 17.9. The quantitative estimate of drug-likeness (QED) is 0.597. The highest BCUT2D eigenvalue weighted by Crippen LogP contribution is 2.40. The average molecular weight is 442 g/mol. The topological polar surface area (TPSA) is 56.8 Å². The number of aromatic nitrogens is 3. The predicted molar refractivity (Wildman–Crippen MR) is 117 cm³/mol. The summed E-state index contributed by atoms with van der Waals surface area (Å²) in [6.07, 6.45) is -0.400. The van der Waals surface area contributed by atoms with Crippen molar-refractivity contribution in [1.82, 2.24) is 20.5 Å². The molecule has 5 nitrogen and oxygen atoms in total. The molecule has 1 aliphatic heterocycles. The van der Waals surface area contributed by atoms with Gasteiger partial charge < -0.3 is 10.2 Å². The first-order valence-electron chi connectivity index (χ1n) is 11.0. The van der Waals surface area contributed by atoms with Crippen LogP contribution in [-0.2, 0) is 12.7 Å². The Morgan fingerprint density at radius 1 is 1.09 bits per heavy atom. The largest absolute Gasteiger partial charge is 0.433 e. The Morgan fingerprint density at radius 3 is 2.69 bits per heavy atom.